The molecule has 0 unspecified atom stereocenters. The zero-order chi connectivity index (χ0) is 11.5. The summed E-state index contributed by atoms with van der Waals surface area (Å²) >= 11 is 0. The van der Waals surface area contributed by atoms with E-state index in [1.54, 1.807) is 29.8 Å². The van der Waals surface area contributed by atoms with Crippen LogP contribution in [0.3, 0.4) is 0 Å². The van der Waals surface area contributed by atoms with Crippen molar-refractivity contribution in [3.8, 4) is 0 Å². The summed E-state index contributed by atoms with van der Waals surface area (Å²) in [4.78, 5) is 15.8. The van der Waals surface area contributed by atoms with Crippen LogP contribution in [0.1, 0.15) is 38.1 Å². The first-order valence-corrected chi connectivity index (χ1v) is 5.24. The lowest BCUT2D eigenvalue weighted by molar-refractivity contribution is -0.638. The lowest BCUT2D eigenvalue weighted by Crippen LogP contribution is -3.00. The number of nitrogens with two attached hydrogens (primary N) is 1. The second-order valence-electron chi connectivity index (χ2n) is 4.73. The molecule has 3 nitrogen and oxygen atoms in total. The van der Waals surface area contributed by atoms with E-state index in [1.807, 2.05) is 0 Å². The van der Waals surface area contributed by atoms with Gasteiger partial charge in [0, 0.05) is 18.3 Å². The number of carbonyl (C=O) groups is 1. The number of hydrogen-bond donors (Lipinski definition) is 1. The number of primary amides is 1. The monoisotopic (exact) mass is 242 g/mol. The van der Waals surface area contributed by atoms with Crippen molar-refractivity contribution >= 4 is 5.91 Å². The third kappa shape index (κ3) is 3.91. The minimum atomic E-state index is -0.0765. The predicted octanol–water partition coefficient (Wildman–Crippen LogP) is -1.78. The topological polar surface area (TPSA) is 46.6 Å². The molecule has 2 N–H and O–H groups in total. The minimum Gasteiger partial charge on any atom is -1.00 e. The Bertz CT molecular complexity index is 336. The molecule has 0 atom stereocenters. The van der Waals surface area contributed by atoms with Gasteiger partial charge in [-0.1, -0.05) is 13.8 Å². The highest BCUT2D eigenvalue weighted by molar-refractivity contribution is 5.86. The fourth-order valence-electron chi connectivity index (χ4n) is 1.10. The van der Waals surface area contributed by atoms with Crippen LogP contribution < -0.4 is 17.7 Å². The highest BCUT2D eigenvalue weighted by Crippen LogP contribution is 2.09. The van der Waals surface area contributed by atoms with Gasteiger partial charge in [0.2, 0.25) is 0 Å². The van der Waals surface area contributed by atoms with E-state index in [-0.39, 0.29) is 23.9 Å². The van der Waals surface area contributed by atoms with Crippen LogP contribution in [-0.4, -0.2) is 16.4 Å². The Balaban J connectivity index is 0.00000225. The van der Waals surface area contributed by atoms with Gasteiger partial charge in [0.05, 0.1) is 11.1 Å². The Kier molecular flexibility index (Phi) is 5.62. The minimum absolute atomic E-state index is 0. The van der Waals surface area contributed by atoms with Crippen molar-refractivity contribution in [3.05, 3.63) is 30.1 Å². The zero-order valence-corrected chi connectivity index (χ0v) is 11.0. The van der Waals surface area contributed by atoms with Gasteiger partial charge in [-0.2, -0.15) is 0 Å². The van der Waals surface area contributed by atoms with Gasteiger partial charge in [-0.3, -0.25) is 10.3 Å². The number of amides is 1. The first-order valence-electron chi connectivity index (χ1n) is 5.24. The van der Waals surface area contributed by atoms with Crippen LogP contribution in [0.4, 0.5) is 0 Å². The molecule has 0 aromatic carbocycles. The normalized spacial score (nSPS) is 11.1. The summed E-state index contributed by atoms with van der Waals surface area (Å²) in [6.45, 7) is 8.39. The van der Waals surface area contributed by atoms with Gasteiger partial charge in [0.1, 0.15) is 0 Å². The second kappa shape index (κ2) is 5.97. The Morgan fingerprint density at radius 1 is 1.44 bits per heavy atom. The molecule has 1 rings (SSSR count). The molecule has 0 aliphatic rings. The zero-order valence-electron chi connectivity index (χ0n) is 10.2. The van der Waals surface area contributed by atoms with E-state index in [1.165, 1.54) is 0 Å². The fraction of sp³-hybridized carbons (Fsp3) is 0.500. The van der Waals surface area contributed by atoms with E-state index in [2.05, 4.69) is 32.7 Å². The van der Waals surface area contributed by atoms with Crippen LogP contribution in [0.5, 0.6) is 0 Å². The van der Waals surface area contributed by atoms with Crippen molar-refractivity contribution in [2.75, 3.05) is 0 Å². The molecule has 0 spiro atoms. The lowest BCUT2D eigenvalue weighted by atomic mass is 9.90. The van der Waals surface area contributed by atoms with Crippen LogP contribution in [0, 0.1) is 5.92 Å². The molecule has 0 fully saturated rings. The predicted molar refractivity (Wildman–Crippen MR) is 59.4 cm³/mol. The van der Waals surface area contributed by atoms with Crippen molar-refractivity contribution in [1.82, 2.24) is 4.98 Å². The van der Waals surface area contributed by atoms with Crippen molar-refractivity contribution in [2.24, 2.45) is 5.92 Å². The SMILES string of the molecule is CC(C)C(C)(C)[NH2+]C(=O)c1cccnc1.[Cl-]. The van der Waals surface area contributed by atoms with Crippen molar-refractivity contribution in [2.45, 2.75) is 33.2 Å². The summed E-state index contributed by atoms with van der Waals surface area (Å²) in [5.74, 6) is 0.500. The van der Waals surface area contributed by atoms with Gasteiger partial charge in [0.25, 0.3) is 0 Å². The number of nitrogens with zero attached hydrogens (tertiary/aromatic N) is 1. The Morgan fingerprint density at radius 3 is 2.50 bits per heavy atom. The largest absolute Gasteiger partial charge is 1.00 e. The molecule has 0 radical (unpaired) electrons. The van der Waals surface area contributed by atoms with Crippen LogP contribution >= 0.6 is 0 Å². The molecule has 0 saturated carbocycles. The number of aromatic nitrogens is 1. The molecule has 4 heteroatoms. The molecule has 1 amide bonds. The third-order valence-corrected chi connectivity index (χ3v) is 2.94. The molecule has 1 aromatic rings. The lowest BCUT2D eigenvalue weighted by Gasteiger charge is -2.25. The second-order valence-corrected chi connectivity index (χ2v) is 4.73. The number of pyridine rings is 1. The highest BCUT2D eigenvalue weighted by Gasteiger charge is 2.29. The molecule has 16 heavy (non-hydrogen) atoms. The van der Waals surface area contributed by atoms with Gasteiger partial charge >= 0.3 is 5.91 Å². The highest BCUT2D eigenvalue weighted by atomic mass is 35.5. The quantitative estimate of drug-likeness (QED) is 0.682. The number of hydrogen-bond acceptors (Lipinski definition) is 2. The summed E-state index contributed by atoms with van der Waals surface area (Å²) in [6, 6.07) is 3.58. The third-order valence-electron chi connectivity index (χ3n) is 2.94. The summed E-state index contributed by atoms with van der Waals surface area (Å²) in [5, 5.41) is 1.79. The van der Waals surface area contributed by atoms with E-state index < -0.39 is 0 Å². The smallest absolute Gasteiger partial charge is 0.344 e. The molecule has 0 aliphatic heterocycles. The fourth-order valence-corrected chi connectivity index (χ4v) is 1.10. The molecular weight excluding hydrogens is 224 g/mol. The maximum absolute atomic E-state index is 11.9. The average Bonchev–Trinajstić information content (AvgIpc) is 2.18. The molecule has 0 saturated heterocycles. The van der Waals surface area contributed by atoms with Gasteiger partial charge in [-0.05, 0) is 26.0 Å². The van der Waals surface area contributed by atoms with E-state index >= 15 is 0 Å². The summed E-state index contributed by atoms with van der Waals surface area (Å²) < 4.78 is 0. The van der Waals surface area contributed by atoms with Crippen molar-refractivity contribution in [3.63, 3.8) is 0 Å². The molecule has 0 bridgehead atoms. The number of carbonyl (C=O) groups excluding carboxylic acids is 1. The van der Waals surface area contributed by atoms with Crippen LogP contribution in [-0.2, 0) is 0 Å². The molecule has 0 aliphatic carbocycles. The van der Waals surface area contributed by atoms with E-state index in [4.69, 9.17) is 0 Å². The molecule has 1 heterocycles. The number of halogens is 1. The first kappa shape index (κ1) is 15.1. The van der Waals surface area contributed by atoms with Crippen LogP contribution in [0.15, 0.2) is 24.5 Å². The van der Waals surface area contributed by atoms with Crippen LogP contribution in [0.25, 0.3) is 0 Å². The molecule has 1 aromatic heterocycles. The van der Waals surface area contributed by atoms with E-state index in [0.29, 0.717) is 11.5 Å². The maximum Gasteiger partial charge on any atom is 0.344 e. The first-order chi connectivity index (χ1) is 6.93. The van der Waals surface area contributed by atoms with Gasteiger partial charge < -0.3 is 12.4 Å². The average molecular weight is 243 g/mol. The van der Waals surface area contributed by atoms with Crippen LogP contribution in [0.2, 0.25) is 0 Å². The Morgan fingerprint density at radius 2 is 2.06 bits per heavy atom. The Hall–Kier alpha value is -0.930. The van der Waals surface area contributed by atoms with Gasteiger partial charge in [0.15, 0.2) is 0 Å². The Labute approximate surface area is 103 Å². The molecular formula is C12H19ClN2O. The number of quaternary nitrogens is 1. The summed E-state index contributed by atoms with van der Waals surface area (Å²) in [7, 11) is 0. The van der Waals surface area contributed by atoms with Gasteiger partial charge in [-0.15, -0.1) is 0 Å². The van der Waals surface area contributed by atoms with Gasteiger partial charge in [-0.25, -0.2) is 4.79 Å². The summed E-state index contributed by atoms with van der Waals surface area (Å²) in [6.07, 6.45) is 3.28. The number of rotatable bonds is 3. The van der Waals surface area contributed by atoms with E-state index in [0.717, 1.165) is 0 Å². The maximum atomic E-state index is 11.9. The standard InChI is InChI=1S/C12H18N2O.ClH/c1-9(2)12(3,4)14-11(15)10-6-5-7-13-8-10;/h5-9H,1-4H3,(H,14,15);1H. The molecule has 90 valence electrons. The summed E-state index contributed by atoms with van der Waals surface area (Å²) in [5.41, 5.74) is 0.582. The van der Waals surface area contributed by atoms with Crippen molar-refractivity contribution in [1.29, 1.82) is 0 Å². The van der Waals surface area contributed by atoms with E-state index in [9.17, 15) is 4.79 Å². The van der Waals surface area contributed by atoms with Crippen molar-refractivity contribution < 1.29 is 22.5 Å².